The van der Waals surface area contributed by atoms with Gasteiger partial charge in [0.2, 0.25) is 5.91 Å². The van der Waals surface area contributed by atoms with Crippen LogP contribution in [-0.2, 0) is 24.2 Å². The first-order valence-corrected chi connectivity index (χ1v) is 8.83. The number of aromatic nitrogens is 2. The molecule has 4 rings (SSSR count). The Hall–Kier alpha value is -2.47. The maximum absolute atomic E-state index is 11.3. The summed E-state index contributed by atoms with van der Waals surface area (Å²) in [4.78, 5) is 23.6. The van der Waals surface area contributed by atoms with Crippen LogP contribution in [-0.4, -0.2) is 22.4 Å². The maximum atomic E-state index is 11.3. The van der Waals surface area contributed by atoms with E-state index in [4.69, 9.17) is 5.73 Å². The molecule has 1 aliphatic rings. The van der Waals surface area contributed by atoms with Gasteiger partial charge in [-0.3, -0.25) is 4.79 Å². The maximum Gasteiger partial charge on any atom is 0.221 e. The van der Waals surface area contributed by atoms with Crippen molar-refractivity contribution < 1.29 is 4.79 Å². The van der Waals surface area contributed by atoms with Crippen LogP contribution in [0.1, 0.15) is 22.3 Å². The summed E-state index contributed by atoms with van der Waals surface area (Å²) in [6.07, 6.45) is 2.85. The van der Waals surface area contributed by atoms with Gasteiger partial charge in [-0.1, -0.05) is 18.2 Å². The van der Waals surface area contributed by atoms with E-state index in [1.54, 1.807) is 17.7 Å². The lowest BCUT2D eigenvalue weighted by atomic mass is 9.92. The summed E-state index contributed by atoms with van der Waals surface area (Å²) in [5.41, 5.74) is 10.2. The lowest BCUT2D eigenvalue weighted by molar-refractivity contribution is -0.117. The average Bonchev–Trinajstić information content (AvgIpc) is 2.96. The monoisotopic (exact) mass is 338 g/mol. The first kappa shape index (κ1) is 15.1. The highest BCUT2D eigenvalue weighted by Gasteiger charge is 2.22. The molecule has 1 amide bonds. The molecule has 1 aliphatic heterocycles. The lowest BCUT2D eigenvalue weighted by Crippen LogP contribution is -2.32. The molecule has 0 bridgehead atoms. The average molecular weight is 338 g/mol. The number of nitrogens with two attached hydrogens (primary N) is 1. The minimum absolute atomic E-state index is 0.280. The number of fused-ring (bicyclic) bond motifs is 2. The molecular weight excluding hydrogens is 320 g/mol. The van der Waals surface area contributed by atoms with Crippen molar-refractivity contribution in [2.24, 2.45) is 5.73 Å². The number of rotatable bonds is 3. The third-order valence-electron chi connectivity index (χ3n) is 4.56. The van der Waals surface area contributed by atoms with Gasteiger partial charge in [0.1, 0.15) is 17.0 Å². The van der Waals surface area contributed by atoms with Gasteiger partial charge in [-0.15, -0.1) is 11.3 Å². The van der Waals surface area contributed by atoms with E-state index in [9.17, 15) is 4.79 Å². The highest BCUT2D eigenvalue weighted by Crippen LogP contribution is 2.33. The molecule has 122 valence electrons. The number of hydrogen-bond donors (Lipinski definition) is 1. The zero-order valence-corrected chi connectivity index (χ0v) is 14.3. The van der Waals surface area contributed by atoms with Gasteiger partial charge in [-0.25, -0.2) is 9.97 Å². The standard InChI is InChI=1S/C18H18N4OS/c1-11-9-24-18-16(11)17(20-10-21-18)22-6-5-14-12(7-15(19)23)3-2-4-13(14)8-22/h2-4,9-10H,5-8H2,1H3,(H2,19,23). The van der Waals surface area contributed by atoms with Crippen molar-refractivity contribution in [3.8, 4) is 0 Å². The van der Waals surface area contributed by atoms with Gasteiger partial charge in [0.05, 0.1) is 11.8 Å². The number of thiophene rings is 1. The molecule has 0 saturated heterocycles. The third-order valence-corrected chi connectivity index (χ3v) is 5.57. The van der Waals surface area contributed by atoms with E-state index in [1.165, 1.54) is 16.7 Å². The summed E-state index contributed by atoms with van der Waals surface area (Å²) in [5, 5.41) is 3.28. The Balaban J connectivity index is 1.72. The minimum atomic E-state index is -0.280. The van der Waals surface area contributed by atoms with E-state index in [0.29, 0.717) is 6.42 Å². The number of benzene rings is 1. The van der Waals surface area contributed by atoms with E-state index in [-0.39, 0.29) is 5.91 Å². The van der Waals surface area contributed by atoms with Crippen molar-refractivity contribution in [3.05, 3.63) is 52.2 Å². The molecule has 3 heterocycles. The zero-order valence-electron chi connectivity index (χ0n) is 13.5. The van der Waals surface area contributed by atoms with E-state index in [1.807, 2.05) is 12.1 Å². The van der Waals surface area contributed by atoms with Gasteiger partial charge >= 0.3 is 0 Å². The molecule has 0 atom stereocenters. The molecule has 2 N–H and O–H groups in total. The van der Waals surface area contributed by atoms with Gasteiger partial charge in [0.15, 0.2) is 0 Å². The van der Waals surface area contributed by atoms with Crippen LogP contribution < -0.4 is 10.6 Å². The molecule has 5 nitrogen and oxygen atoms in total. The van der Waals surface area contributed by atoms with E-state index >= 15 is 0 Å². The number of amides is 1. The molecule has 0 saturated carbocycles. The first-order valence-electron chi connectivity index (χ1n) is 7.95. The van der Waals surface area contributed by atoms with Crippen LogP contribution in [0.4, 0.5) is 5.82 Å². The molecule has 0 spiro atoms. The topological polar surface area (TPSA) is 72.1 Å². The molecule has 3 aromatic rings. The fourth-order valence-corrected chi connectivity index (χ4v) is 4.35. The Morgan fingerprint density at radius 1 is 1.38 bits per heavy atom. The molecule has 0 aliphatic carbocycles. The molecule has 0 fully saturated rings. The SMILES string of the molecule is Cc1csc2ncnc(N3CCc4c(CC(N)=O)cccc4C3)c12. The Morgan fingerprint density at radius 3 is 3.08 bits per heavy atom. The van der Waals surface area contributed by atoms with Gasteiger partial charge in [-0.2, -0.15) is 0 Å². The van der Waals surface area contributed by atoms with Crippen LogP contribution in [0, 0.1) is 6.92 Å². The van der Waals surface area contributed by atoms with Crippen LogP contribution in [0.2, 0.25) is 0 Å². The zero-order chi connectivity index (χ0) is 16.7. The van der Waals surface area contributed by atoms with Crippen LogP contribution in [0.3, 0.4) is 0 Å². The van der Waals surface area contributed by atoms with Crippen molar-refractivity contribution in [2.75, 3.05) is 11.4 Å². The summed E-state index contributed by atoms with van der Waals surface area (Å²) < 4.78 is 0. The molecule has 24 heavy (non-hydrogen) atoms. The molecular formula is C18H18N4OS. The summed E-state index contributed by atoms with van der Waals surface area (Å²) in [5.74, 6) is 0.724. The van der Waals surface area contributed by atoms with E-state index in [0.717, 1.165) is 41.1 Å². The third kappa shape index (κ3) is 2.53. The number of carbonyl (C=O) groups is 1. The lowest BCUT2D eigenvalue weighted by Gasteiger charge is -2.31. The fourth-order valence-electron chi connectivity index (χ4n) is 3.46. The molecule has 0 radical (unpaired) electrons. The smallest absolute Gasteiger partial charge is 0.221 e. The molecule has 2 aromatic heterocycles. The number of primary amides is 1. The molecule has 1 aromatic carbocycles. The Kier molecular flexibility index (Phi) is 3.69. The quantitative estimate of drug-likeness (QED) is 0.797. The van der Waals surface area contributed by atoms with Crippen LogP contribution in [0.25, 0.3) is 10.2 Å². The number of hydrogen-bond acceptors (Lipinski definition) is 5. The summed E-state index contributed by atoms with van der Waals surface area (Å²) in [7, 11) is 0. The molecule has 6 heteroatoms. The first-order chi connectivity index (χ1) is 11.6. The largest absolute Gasteiger partial charge is 0.369 e. The molecule has 0 unspecified atom stereocenters. The van der Waals surface area contributed by atoms with Crippen molar-refractivity contribution in [3.63, 3.8) is 0 Å². The second-order valence-corrected chi connectivity index (χ2v) is 7.02. The van der Waals surface area contributed by atoms with Gasteiger partial charge in [-0.05, 0) is 41.0 Å². The number of aryl methyl sites for hydroxylation is 1. The van der Waals surface area contributed by atoms with E-state index in [2.05, 4.69) is 33.2 Å². The Morgan fingerprint density at radius 2 is 2.25 bits per heavy atom. The predicted molar refractivity (Wildman–Crippen MR) is 96.2 cm³/mol. The van der Waals surface area contributed by atoms with Crippen LogP contribution >= 0.6 is 11.3 Å². The second-order valence-electron chi connectivity index (χ2n) is 6.17. The Labute approximate surface area is 144 Å². The number of anilines is 1. The van der Waals surface area contributed by atoms with Crippen LogP contribution in [0.15, 0.2) is 29.9 Å². The van der Waals surface area contributed by atoms with Crippen molar-refractivity contribution in [2.45, 2.75) is 26.3 Å². The van der Waals surface area contributed by atoms with Gasteiger partial charge in [0.25, 0.3) is 0 Å². The second kappa shape index (κ2) is 5.87. The van der Waals surface area contributed by atoms with Crippen molar-refractivity contribution in [1.29, 1.82) is 0 Å². The van der Waals surface area contributed by atoms with E-state index < -0.39 is 0 Å². The van der Waals surface area contributed by atoms with Gasteiger partial charge < -0.3 is 10.6 Å². The minimum Gasteiger partial charge on any atom is -0.369 e. The highest BCUT2D eigenvalue weighted by molar-refractivity contribution is 7.17. The summed E-state index contributed by atoms with van der Waals surface area (Å²) >= 11 is 1.66. The Bertz CT molecular complexity index is 934. The predicted octanol–water partition coefficient (Wildman–Crippen LogP) is 2.59. The number of nitrogens with zero attached hydrogens (tertiary/aromatic N) is 3. The normalized spacial score (nSPS) is 14.0. The number of carbonyl (C=O) groups excluding carboxylic acids is 1. The van der Waals surface area contributed by atoms with Gasteiger partial charge in [0, 0.05) is 13.1 Å². The van der Waals surface area contributed by atoms with Crippen molar-refractivity contribution in [1.82, 2.24) is 9.97 Å². The van der Waals surface area contributed by atoms with Crippen LogP contribution in [0.5, 0.6) is 0 Å². The summed E-state index contributed by atoms with van der Waals surface area (Å²) in [6.45, 7) is 3.78. The fraction of sp³-hybridized carbons (Fsp3) is 0.278. The highest BCUT2D eigenvalue weighted by atomic mass is 32.1. The van der Waals surface area contributed by atoms with Crippen molar-refractivity contribution >= 4 is 33.3 Å². The summed E-state index contributed by atoms with van der Waals surface area (Å²) in [6, 6.07) is 6.14.